The molecule has 1 fully saturated rings. The number of hydrogen-bond donors (Lipinski definition) is 1. The summed E-state index contributed by atoms with van der Waals surface area (Å²) in [7, 11) is 1.47. The van der Waals surface area contributed by atoms with Gasteiger partial charge in [-0.3, -0.25) is 9.59 Å². The largest absolute Gasteiger partial charge is 0.496 e. The van der Waals surface area contributed by atoms with Crippen LogP contribution in [0, 0.1) is 5.92 Å². The number of halogens is 1. The number of hydrogen-bond acceptors (Lipinski definition) is 3. The molecule has 0 aliphatic carbocycles. The van der Waals surface area contributed by atoms with Gasteiger partial charge < -0.3 is 14.7 Å². The Morgan fingerprint density at radius 2 is 2.20 bits per heavy atom. The topological polar surface area (TPSA) is 66.8 Å². The molecule has 108 valence electrons. The van der Waals surface area contributed by atoms with Crippen LogP contribution < -0.4 is 4.74 Å². The minimum absolute atomic E-state index is 0.211. The number of carboxylic acids is 1. The van der Waals surface area contributed by atoms with Gasteiger partial charge in [-0.15, -0.1) is 0 Å². The van der Waals surface area contributed by atoms with Crippen molar-refractivity contribution in [2.24, 2.45) is 5.92 Å². The van der Waals surface area contributed by atoms with Crippen molar-refractivity contribution in [1.82, 2.24) is 4.90 Å². The fraction of sp³-hybridized carbons (Fsp3) is 0.429. The van der Waals surface area contributed by atoms with Crippen LogP contribution in [0.2, 0.25) is 5.02 Å². The van der Waals surface area contributed by atoms with E-state index >= 15 is 0 Å². The molecule has 1 atom stereocenters. The molecule has 6 heteroatoms. The first kappa shape index (κ1) is 14.7. The molecule has 1 aliphatic heterocycles. The van der Waals surface area contributed by atoms with Crippen LogP contribution >= 0.6 is 11.6 Å². The van der Waals surface area contributed by atoms with E-state index in [1.54, 1.807) is 18.2 Å². The van der Waals surface area contributed by atoms with Gasteiger partial charge in [-0.25, -0.2) is 0 Å². The molecule has 0 unspecified atom stereocenters. The van der Waals surface area contributed by atoms with E-state index in [9.17, 15) is 9.59 Å². The average Bonchev–Trinajstić information content (AvgIpc) is 2.46. The molecule has 1 N–H and O–H groups in total. The number of aliphatic carboxylic acids is 1. The summed E-state index contributed by atoms with van der Waals surface area (Å²) in [6.07, 6.45) is 1.27. The van der Waals surface area contributed by atoms with Gasteiger partial charge in [-0.05, 0) is 25.0 Å². The van der Waals surface area contributed by atoms with E-state index in [1.807, 2.05) is 0 Å². The van der Waals surface area contributed by atoms with Gasteiger partial charge in [0.2, 0.25) is 0 Å². The number of likely N-dealkylation sites (tertiary alicyclic amines) is 1. The summed E-state index contributed by atoms with van der Waals surface area (Å²) in [5.74, 6) is -1.26. The molecular formula is C14H16ClNO4. The highest BCUT2D eigenvalue weighted by atomic mass is 35.5. The fourth-order valence-electron chi connectivity index (χ4n) is 2.40. The number of piperidine rings is 1. The van der Waals surface area contributed by atoms with Gasteiger partial charge in [0.25, 0.3) is 5.91 Å². The third-order valence-electron chi connectivity index (χ3n) is 3.47. The van der Waals surface area contributed by atoms with Crippen molar-refractivity contribution in [3.05, 3.63) is 28.8 Å². The highest BCUT2D eigenvalue weighted by Crippen LogP contribution is 2.29. The molecule has 0 spiro atoms. The second-order valence-electron chi connectivity index (χ2n) is 4.75. The van der Waals surface area contributed by atoms with Crippen molar-refractivity contribution < 1.29 is 19.4 Å². The van der Waals surface area contributed by atoms with Crippen LogP contribution in [-0.4, -0.2) is 42.1 Å². The highest BCUT2D eigenvalue weighted by molar-refractivity contribution is 6.34. The zero-order valence-corrected chi connectivity index (χ0v) is 11.9. The van der Waals surface area contributed by atoms with Crippen molar-refractivity contribution in [2.75, 3.05) is 20.2 Å². The predicted molar refractivity (Wildman–Crippen MR) is 74.3 cm³/mol. The summed E-state index contributed by atoms with van der Waals surface area (Å²) < 4.78 is 5.16. The highest BCUT2D eigenvalue weighted by Gasteiger charge is 2.30. The standard InChI is InChI=1S/C14H16ClNO4/c1-20-11-6-2-5-10(15)12(11)13(17)16-7-3-4-9(8-16)14(18)19/h2,5-6,9H,3-4,7-8H2,1H3,(H,18,19)/t9-/m0/s1. The predicted octanol–water partition coefficient (Wildman–Crippen LogP) is 2.29. The number of ether oxygens (including phenoxy) is 1. The Kier molecular flexibility index (Phi) is 4.49. The number of carbonyl (C=O) groups excluding carboxylic acids is 1. The third kappa shape index (κ3) is 2.88. The van der Waals surface area contributed by atoms with Crippen molar-refractivity contribution in [1.29, 1.82) is 0 Å². The lowest BCUT2D eigenvalue weighted by atomic mass is 9.97. The Hall–Kier alpha value is -1.75. The molecule has 0 bridgehead atoms. The molecule has 1 saturated heterocycles. The second kappa shape index (κ2) is 6.13. The SMILES string of the molecule is COc1cccc(Cl)c1C(=O)N1CCC[C@H](C(=O)O)C1. The van der Waals surface area contributed by atoms with Crippen LogP contribution in [0.3, 0.4) is 0 Å². The maximum absolute atomic E-state index is 12.5. The molecule has 1 amide bonds. The van der Waals surface area contributed by atoms with Crippen molar-refractivity contribution in [3.63, 3.8) is 0 Å². The van der Waals surface area contributed by atoms with Crippen LogP contribution in [0.15, 0.2) is 18.2 Å². The molecular weight excluding hydrogens is 282 g/mol. The van der Waals surface area contributed by atoms with Crippen LogP contribution in [0.1, 0.15) is 23.2 Å². The minimum Gasteiger partial charge on any atom is -0.496 e. The fourth-order valence-corrected chi connectivity index (χ4v) is 2.65. The average molecular weight is 298 g/mol. The zero-order chi connectivity index (χ0) is 14.7. The van der Waals surface area contributed by atoms with E-state index in [1.165, 1.54) is 12.0 Å². The monoisotopic (exact) mass is 297 g/mol. The first-order valence-electron chi connectivity index (χ1n) is 6.39. The van der Waals surface area contributed by atoms with Crippen molar-refractivity contribution in [2.45, 2.75) is 12.8 Å². The minimum atomic E-state index is -0.867. The van der Waals surface area contributed by atoms with E-state index in [0.717, 1.165) is 0 Å². The number of rotatable bonds is 3. The van der Waals surface area contributed by atoms with Gasteiger partial charge >= 0.3 is 5.97 Å². The Morgan fingerprint density at radius 1 is 1.45 bits per heavy atom. The maximum Gasteiger partial charge on any atom is 0.308 e. The molecule has 20 heavy (non-hydrogen) atoms. The summed E-state index contributed by atoms with van der Waals surface area (Å²) in [5, 5.41) is 9.39. The molecule has 1 heterocycles. The first-order chi connectivity index (χ1) is 9.54. The normalized spacial score (nSPS) is 18.7. The molecule has 1 aliphatic rings. The number of amides is 1. The van der Waals surface area contributed by atoms with Crippen LogP contribution in [0.5, 0.6) is 5.75 Å². The summed E-state index contributed by atoms with van der Waals surface area (Å²) in [4.78, 5) is 25.1. The zero-order valence-electron chi connectivity index (χ0n) is 11.1. The summed E-state index contributed by atoms with van der Waals surface area (Å²) >= 11 is 6.08. The first-order valence-corrected chi connectivity index (χ1v) is 6.77. The van der Waals surface area contributed by atoms with Crippen molar-refractivity contribution >= 4 is 23.5 Å². The third-order valence-corrected chi connectivity index (χ3v) is 3.78. The van der Waals surface area contributed by atoms with E-state index in [4.69, 9.17) is 21.4 Å². The molecule has 2 rings (SSSR count). The molecule has 0 aromatic heterocycles. The second-order valence-corrected chi connectivity index (χ2v) is 5.15. The Labute approximate surface area is 122 Å². The summed E-state index contributed by atoms with van der Waals surface area (Å²) in [6, 6.07) is 4.99. The van der Waals surface area contributed by atoms with Crippen LogP contribution in [0.25, 0.3) is 0 Å². The number of benzene rings is 1. The molecule has 5 nitrogen and oxygen atoms in total. The molecule has 1 aromatic rings. The Bertz CT molecular complexity index is 532. The van der Waals surface area contributed by atoms with Gasteiger partial charge in [-0.2, -0.15) is 0 Å². The van der Waals surface area contributed by atoms with E-state index in [-0.39, 0.29) is 12.5 Å². The lowest BCUT2D eigenvalue weighted by Gasteiger charge is -2.31. The maximum atomic E-state index is 12.5. The smallest absolute Gasteiger partial charge is 0.308 e. The Morgan fingerprint density at radius 3 is 2.85 bits per heavy atom. The van der Waals surface area contributed by atoms with Gasteiger partial charge in [-0.1, -0.05) is 17.7 Å². The number of carboxylic acid groups (broad SMARTS) is 1. The summed E-state index contributed by atoms with van der Waals surface area (Å²) in [5.41, 5.74) is 0.294. The Balaban J connectivity index is 2.25. The lowest BCUT2D eigenvalue weighted by Crippen LogP contribution is -2.42. The molecule has 1 aromatic carbocycles. The number of methoxy groups -OCH3 is 1. The molecule has 0 saturated carbocycles. The number of nitrogens with zero attached hydrogens (tertiary/aromatic N) is 1. The van der Waals surface area contributed by atoms with E-state index < -0.39 is 11.9 Å². The van der Waals surface area contributed by atoms with E-state index in [0.29, 0.717) is 35.7 Å². The van der Waals surface area contributed by atoms with Gasteiger partial charge in [0.1, 0.15) is 11.3 Å². The summed E-state index contributed by atoms with van der Waals surface area (Å²) in [6.45, 7) is 0.750. The van der Waals surface area contributed by atoms with Gasteiger partial charge in [0.05, 0.1) is 18.1 Å². The van der Waals surface area contributed by atoms with Gasteiger partial charge in [0, 0.05) is 13.1 Å². The van der Waals surface area contributed by atoms with Gasteiger partial charge in [0.15, 0.2) is 0 Å². The quantitative estimate of drug-likeness (QED) is 0.929. The van der Waals surface area contributed by atoms with Crippen molar-refractivity contribution in [3.8, 4) is 5.75 Å². The molecule has 0 radical (unpaired) electrons. The van der Waals surface area contributed by atoms with Crippen LogP contribution in [0.4, 0.5) is 0 Å². The van der Waals surface area contributed by atoms with Crippen LogP contribution in [-0.2, 0) is 4.79 Å². The number of carbonyl (C=O) groups is 2. The lowest BCUT2D eigenvalue weighted by molar-refractivity contribution is -0.143. The van der Waals surface area contributed by atoms with E-state index in [2.05, 4.69) is 0 Å².